The van der Waals surface area contributed by atoms with Crippen LogP contribution >= 0.6 is 11.3 Å². The van der Waals surface area contributed by atoms with Crippen molar-refractivity contribution in [1.29, 1.82) is 0 Å². The first kappa shape index (κ1) is 35.0. The normalized spacial score (nSPS) is 13.7. The fourth-order valence-electron chi connectivity index (χ4n) is 10.5. The van der Waals surface area contributed by atoms with Crippen LogP contribution in [0.1, 0.15) is 43.2 Å². The third kappa shape index (κ3) is 4.98. The molecule has 0 fully saturated rings. The molecule has 0 N–H and O–H groups in total. The minimum Gasteiger partial charge on any atom is -0.455 e. The average molecular weight is 785 g/mol. The maximum atomic E-state index is 6.71. The quantitative estimate of drug-likeness (QED) is 0.158. The van der Waals surface area contributed by atoms with Gasteiger partial charge in [-0.05, 0) is 132 Å². The van der Waals surface area contributed by atoms with Crippen LogP contribution in [0.4, 0.5) is 0 Å². The van der Waals surface area contributed by atoms with Gasteiger partial charge in [-0.1, -0.05) is 154 Å². The van der Waals surface area contributed by atoms with E-state index in [9.17, 15) is 0 Å². The first-order valence-electron chi connectivity index (χ1n) is 20.8. The predicted octanol–water partition coefficient (Wildman–Crippen LogP) is 17.1. The van der Waals surface area contributed by atoms with Crippen LogP contribution in [-0.4, -0.2) is 0 Å². The molecule has 0 aliphatic heterocycles. The molecule has 1 aliphatic rings. The summed E-state index contributed by atoms with van der Waals surface area (Å²) in [6, 6.07) is 62.8. The maximum absolute atomic E-state index is 6.71. The smallest absolute Gasteiger partial charge is 0.143 e. The summed E-state index contributed by atoms with van der Waals surface area (Å²) in [4.78, 5) is 0. The van der Waals surface area contributed by atoms with Gasteiger partial charge in [0.2, 0.25) is 0 Å². The lowest BCUT2D eigenvalue weighted by molar-refractivity contribution is 0.604. The molecule has 12 rings (SSSR count). The van der Waals surface area contributed by atoms with Gasteiger partial charge in [0.25, 0.3) is 0 Å². The Morgan fingerprint density at radius 2 is 1.05 bits per heavy atom. The SMILES string of the molecule is C=Cc1oc2c(ccc3cc(-c4ccc(-c5c6ccccc6c(-c6ccc7sc8ccccc8c7c6)c6ccccc56)cc4)ccc32)c1C1=C(C)c2ccccc2C1(C)C. The molecule has 0 spiro atoms. The number of allylic oxidation sites excluding steroid dienone is 2. The summed E-state index contributed by atoms with van der Waals surface area (Å²) in [6.07, 6.45) is 1.88. The van der Waals surface area contributed by atoms with Gasteiger partial charge >= 0.3 is 0 Å². The van der Waals surface area contributed by atoms with Gasteiger partial charge in [0.05, 0.1) is 0 Å². The molecule has 0 radical (unpaired) electrons. The number of furan rings is 1. The number of hydrogen-bond acceptors (Lipinski definition) is 2. The van der Waals surface area contributed by atoms with Crippen LogP contribution in [0.5, 0.6) is 0 Å². The van der Waals surface area contributed by atoms with Gasteiger partial charge in [0, 0.05) is 41.9 Å². The Balaban J connectivity index is 0.953. The van der Waals surface area contributed by atoms with Crippen molar-refractivity contribution >= 4 is 92.0 Å². The van der Waals surface area contributed by atoms with Gasteiger partial charge < -0.3 is 4.42 Å². The second-order valence-electron chi connectivity index (χ2n) is 16.8. The molecule has 1 nitrogen and oxygen atoms in total. The Bertz CT molecular complexity index is 3590. The molecule has 9 aromatic carbocycles. The fourth-order valence-corrected chi connectivity index (χ4v) is 11.6. The third-order valence-electron chi connectivity index (χ3n) is 13.2. The molecule has 2 heterocycles. The summed E-state index contributed by atoms with van der Waals surface area (Å²) < 4.78 is 9.37. The van der Waals surface area contributed by atoms with Crippen molar-refractivity contribution in [2.24, 2.45) is 0 Å². The van der Waals surface area contributed by atoms with Gasteiger partial charge in [-0.15, -0.1) is 11.3 Å². The molecule has 2 heteroatoms. The van der Waals surface area contributed by atoms with E-state index >= 15 is 0 Å². The van der Waals surface area contributed by atoms with Crippen molar-refractivity contribution in [2.45, 2.75) is 26.2 Å². The predicted molar refractivity (Wildman–Crippen MR) is 260 cm³/mol. The Kier molecular flexibility index (Phi) is 7.58. The average Bonchev–Trinajstić information content (AvgIpc) is 3.91. The second-order valence-corrected chi connectivity index (χ2v) is 17.9. The van der Waals surface area contributed by atoms with Crippen LogP contribution in [0.25, 0.3) is 114 Å². The van der Waals surface area contributed by atoms with Crippen LogP contribution in [0.15, 0.2) is 181 Å². The fraction of sp³-hybridized carbons (Fsp3) is 0.0690. The van der Waals surface area contributed by atoms with E-state index in [0.717, 1.165) is 33.1 Å². The van der Waals surface area contributed by atoms with E-state index < -0.39 is 0 Å². The molecule has 0 bridgehead atoms. The van der Waals surface area contributed by atoms with Gasteiger partial charge in [0.15, 0.2) is 0 Å². The first-order chi connectivity index (χ1) is 29.4. The van der Waals surface area contributed by atoms with Crippen molar-refractivity contribution in [3.63, 3.8) is 0 Å². The zero-order valence-corrected chi connectivity index (χ0v) is 34.6. The van der Waals surface area contributed by atoms with E-state index in [0.29, 0.717) is 0 Å². The zero-order chi connectivity index (χ0) is 40.3. The van der Waals surface area contributed by atoms with E-state index in [1.807, 2.05) is 17.4 Å². The summed E-state index contributed by atoms with van der Waals surface area (Å²) in [5, 5.41) is 11.1. The van der Waals surface area contributed by atoms with E-state index in [-0.39, 0.29) is 5.41 Å². The Morgan fingerprint density at radius 3 is 1.75 bits per heavy atom. The highest BCUT2D eigenvalue weighted by atomic mass is 32.1. The minimum absolute atomic E-state index is 0.157. The van der Waals surface area contributed by atoms with Crippen molar-refractivity contribution in [3.05, 3.63) is 199 Å². The number of fused-ring (bicyclic) bond motifs is 9. The largest absolute Gasteiger partial charge is 0.455 e. The van der Waals surface area contributed by atoms with Crippen molar-refractivity contribution in [3.8, 4) is 33.4 Å². The van der Waals surface area contributed by atoms with Gasteiger partial charge in [-0.2, -0.15) is 0 Å². The molecule has 60 heavy (non-hydrogen) atoms. The highest BCUT2D eigenvalue weighted by Gasteiger charge is 2.39. The molecular weight excluding hydrogens is 745 g/mol. The van der Waals surface area contributed by atoms with Crippen LogP contribution in [0, 0.1) is 0 Å². The zero-order valence-electron chi connectivity index (χ0n) is 33.8. The van der Waals surface area contributed by atoms with Gasteiger partial charge in [-0.3, -0.25) is 0 Å². The molecule has 11 aromatic rings. The maximum Gasteiger partial charge on any atom is 0.143 e. The van der Waals surface area contributed by atoms with Crippen LogP contribution in [-0.2, 0) is 5.41 Å². The number of hydrogen-bond donors (Lipinski definition) is 0. The van der Waals surface area contributed by atoms with Gasteiger partial charge in [-0.25, -0.2) is 0 Å². The molecule has 0 atom stereocenters. The molecule has 284 valence electrons. The molecule has 0 amide bonds. The topological polar surface area (TPSA) is 13.1 Å². The number of benzene rings is 9. The van der Waals surface area contributed by atoms with Crippen LogP contribution in [0.2, 0.25) is 0 Å². The molecule has 1 aliphatic carbocycles. The Labute approximate surface area is 353 Å². The number of rotatable bonds is 5. The lowest BCUT2D eigenvalue weighted by Crippen LogP contribution is -2.16. The highest BCUT2D eigenvalue weighted by Crippen LogP contribution is 2.54. The van der Waals surface area contributed by atoms with E-state index in [2.05, 4.69) is 197 Å². The summed E-state index contributed by atoms with van der Waals surface area (Å²) in [7, 11) is 0. The third-order valence-corrected chi connectivity index (χ3v) is 14.4. The molecule has 2 aromatic heterocycles. The van der Waals surface area contributed by atoms with Crippen molar-refractivity contribution in [1.82, 2.24) is 0 Å². The molecular formula is C58H40OS. The Hall–Kier alpha value is -7.00. The van der Waals surface area contributed by atoms with Crippen LogP contribution in [0.3, 0.4) is 0 Å². The standard InChI is InChI=1S/C58H40OS/c1-5-50-55(56-34(2)40-14-10-12-20-49(40)58(56,3)4)47-30-27-38-32-37(26-29-41(38)57(47)59-50)35-22-24-36(25-23-35)53-43-16-6-8-18-45(43)54(46-19-9-7-17-44(46)53)39-28-31-52-48(33-39)42-15-11-13-21-51(42)60-52/h5-33H,1H2,2-4H3. The van der Waals surface area contributed by atoms with Gasteiger partial charge in [0.1, 0.15) is 11.3 Å². The molecule has 0 unspecified atom stereocenters. The summed E-state index contributed by atoms with van der Waals surface area (Å²) in [5.74, 6) is 0.831. The molecule has 0 saturated heterocycles. The van der Waals surface area contributed by atoms with E-state index in [1.54, 1.807) is 0 Å². The van der Waals surface area contributed by atoms with Crippen LogP contribution < -0.4 is 0 Å². The lowest BCUT2D eigenvalue weighted by Gasteiger charge is -2.25. The van der Waals surface area contributed by atoms with E-state index in [1.165, 1.54) is 97.4 Å². The van der Waals surface area contributed by atoms with Crippen molar-refractivity contribution < 1.29 is 4.42 Å². The highest BCUT2D eigenvalue weighted by molar-refractivity contribution is 7.25. The minimum atomic E-state index is -0.157. The Morgan fingerprint density at radius 1 is 0.483 bits per heavy atom. The monoisotopic (exact) mass is 784 g/mol. The van der Waals surface area contributed by atoms with E-state index in [4.69, 9.17) is 4.42 Å². The second kappa shape index (κ2) is 13.0. The first-order valence-corrected chi connectivity index (χ1v) is 21.6. The summed E-state index contributed by atoms with van der Waals surface area (Å²) in [5.41, 5.74) is 14.6. The summed E-state index contributed by atoms with van der Waals surface area (Å²) in [6.45, 7) is 11.1. The lowest BCUT2D eigenvalue weighted by atomic mass is 9.77. The van der Waals surface area contributed by atoms with Crippen molar-refractivity contribution in [2.75, 3.05) is 0 Å². The number of thiophene rings is 1. The molecule has 0 saturated carbocycles. The summed E-state index contributed by atoms with van der Waals surface area (Å²) >= 11 is 1.87.